The summed E-state index contributed by atoms with van der Waals surface area (Å²) < 4.78 is 10.0. The van der Waals surface area contributed by atoms with Crippen LogP contribution in [0.15, 0.2) is 0 Å². The van der Waals surface area contributed by atoms with E-state index in [1.165, 1.54) is 0 Å². The van der Waals surface area contributed by atoms with Crippen LogP contribution in [0.5, 0.6) is 0 Å². The summed E-state index contributed by atoms with van der Waals surface area (Å²) in [6.07, 6.45) is -1.92. The highest BCUT2D eigenvalue weighted by Gasteiger charge is 2.55. The van der Waals surface area contributed by atoms with Crippen molar-refractivity contribution in [1.29, 1.82) is 0 Å². The smallest absolute Gasteiger partial charge is 0.507 e. The second-order valence-corrected chi connectivity index (χ2v) is 5.97. The fourth-order valence-electron chi connectivity index (χ4n) is 1.87. The lowest BCUT2D eigenvalue weighted by Crippen LogP contribution is -2.41. The number of carboxylic acids is 2. The Morgan fingerprint density at radius 2 is 1.62 bits per heavy atom. The van der Waals surface area contributed by atoms with E-state index < -0.39 is 48.9 Å². The highest BCUT2D eigenvalue weighted by molar-refractivity contribution is 6.54. The van der Waals surface area contributed by atoms with Gasteiger partial charge in [0.2, 0.25) is 0 Å². The lowest BCUT2D eigenvalue weighted by atomic mass is 9.74. The number of carbonyl (C=O) groups is 4. The van der Waals surface area contributed by atoms with Gasteiger partial charge in [-0.25, -0.2) is 0 Å². The molecule has 0 bridgehead atoms. The minimum Gasteiger partial charge on any atom is -0.507 e. The maximum absolute atomic E-state index is 11.9. The van der Waals surface area contributed by atoms with E-state index in [1.54, 1.807) is 20.8 Å². The second kappa shape index (κ2) is 5.84. The highest BCUT2D eigenvalue weighted by Crippen LogP contribution is 2.32. The standard InChI is InChI=1S/C12H17BO8/c1-11(2,3)7(14)6-13-20-10(19)12(21-13,4-8(15)16)5-9(17)18/h4-6H2,1-3H3,(H,15,16)(H,17,18). The molecule has 0 unspecified atom stereocenters. The molecule has 0 radical (unpaired) electrons. The van der Waals surface area contributed by atoms with Gasteiger partial charge in [0.15, 0.2) is 5.60 Å². The van der Waals surface area contributed by atoms with Crippen LogP contribution in [-0.4, -0.2) is 46.6 Å². The van der Waals surface area contributed by atoms with Crippen LogP contribution in [0.3, 0.4) is 0 Å². The minimum atomic E-state index is -2.08. The topological polar surface area (TPSA) is 127 Å². The number of rotatable bonds is 6. The van der Waals surface area contributed by atoms with Gasteiger partial charge in [-0.3, -0.25) is 19.2 Å². The molecule has 1 aliphatic heterocycles. The van der Waals surface area contributed by atoms with Gasteiger partial charge < -0.3 is 19.5 Å². The molecule has 0 aromatic heterocycles. The van der Waals surface area contributed by atoms with Gasteiger partial charge in [-0.15, -0.1) is 0 Å². The molecule has 0 aromatic carbocycles. The molecule has 8 nitrogen and oxygen atoms in total. The van der Waals surface area contributed by atoms with Crippen LogP contribution in [0.2, 0.25) is 6.32 Å². The van der Waals surface area contributed by atoms with Crippen molar-refractivity contribution in [2.45, 2.75) is 45.5 Å². The van der Waals surface area contributed by atoms with E-state index in [9.17, 15) is 19.2 Å². The average molecular weight is 300 g/mol. The summed E-state index contributed by atoms with van der Waals surface area (Å²) >= 11 is 0. The first-order chi connectivity index (χ1) is 9.46. The molecule has 0 atom stereocenters. The monoisotopic (exact) mass is 300 g/mol. The zero-order valence-electron chi connectivity index (χ0n) is 12.0. The number of aliphatic carboxylic acids is 2. The van der Waals surface area contributed by atoms with Crippen molar-refractivity contribution in [1.82, 2.24) is 0 Å². The van der Waals surface area contributed by atoms with E-state index in [2.05, 4.69) is 0 Å². The Bertz CT molecular complexity index is 462. The Morgan fingerprint density at radius 1 is 1.14 bits per heavy atom. The van der Waals surface area contributed by atoms with Gasteiger partial charge in [-0.05, 0) is 0 Å². The molecule has 0 spiro atoms. The number of carbonyl (C=O) groups excluding carboxylic acids is 2. The normalized spacial score (nSPS) is 17.5. The zero-order chi connectivity index (χ0) is 16.4. The fourth-order valence-corrected chi connectivity index (χ4v) is 1.87. The van der Waals surface area contributed by atoms with E-state index in [0.717, 1.165) is 0 Å². The molecule has 2 N–H and O–H groups in total. The van der Waals surface area contributed by atoms with Gasteiger partial charge in [0.25, 0.3) is 0 Å². The lowest BCUT2D eigenvalue weighted by molar-refractivity contribution is -0.157. The van der Waals surface area contributed by atoms with Gasteiger partial charge in [0.1, 0.15) is 5.78 Å². The van der Waals surface area contributed by atoms with Crippen LogP contribution in [0.25, 0.3) is 0 Å². The number of hydrogen-bond acceptors (Lipinski definition) is 6. The van der Waals surface area contributed by atoms with Gasteiger partial charge in [-0.1, -0.05) is 20.8 Å². The number of ketones is 1. The third-order valence-corrected chi connectivity index (χ3v) is 3.03. The highest BCUT2D eigenvalue weighted by atomic mass is 16.7. The summed E-state index contributed by atoms with van der Waals surface area (Å²) in [6.45, 7) is 5.02. The molecular weight excluding hydrogens is 283 g/mol. The zero-order valence-corrected chi connectivity index (χ0v) is 12.0. The van der Waals surface area contributed by atoms with Crippen molar-refractivity contribution in [2.24, 2.45) is 5.41 Å². The second-order valence-electron chi connectivity index (χ2n) is 5.97. The molecule has 1 saturated heterocycles. The summed E-state index contributed by atoms with van der Waals surface area (Å²) in [7, 11) is -1.26. The molecule has 1 heterocycles. The summed E-state index contributed by atoms with van der Waals surface area (Å²) in [5, 5.41) is 17.6. The third kappa shape index (κ3) is 4.28. The van der Waals surface area contributed by atoms with E-state index in [0.29, 0.717) is 0 Å². The van der Waals surface area contributed by atoms with Crippen molar-refractivity contribution in [3.05, 3.63) is 0 Å². The van der Waals surface area contributed by atoms with Gasteiger partial charge in [-0.2, -0.15) is 0 Å². The fraction of sp³-hybridized carbons (Fsp3) is 0.667. The summed E-state index contributed by atoms with van der Waals surface area (Å²) in [6, 6.07) is 0. The Labute approximate surface area is 121 Å². The van der Waals surface area contributed by atoms with Crippen LogP contribution in [-0.2, 0) is 28.5 Å². The van der Waals surface area contributed by atoms with Gasteiger partial charge in [0.05, 0.1) is 19.2 Å². The molecular formula is C12H17BO8. The first kappa shape index (κ1) is 17.2. The van der Waals surface area contributed by atoms with Crippen molar-refractivity contribution in [3.63, 3.8) is 0 Å². The molecule has 0 saturated carbocycles. The predicted molar refractivity (Wildman–Crippen MR) is 69.4 cm³/mol. The number of carboxylic acid groups (broad SMARTS) is 2. The molecule has 9 heteroatoms. The van der Waals surface area contributed by atoms with E-state index >= 15 is 0 Å². The summed E-state index contributed by atoms with van der Waals surface area (Å²) in [4.78, 5) is 45.4. The Hall–Kier alpha value is -1.90. The van der Waals surface area contributed by atoms with Crippen LogP contribution < -0.4 is 0 Å². The average Bonchev–Trinajstić information content (AvgIpc) is 2.51. The Balaban J connectivity index is 2.89. The minimum absolute atomic E-state index is 0.248. The number of hydrogen-bond donors (Lipinski definition) is 2. The molecule has 1 rings (SSSR count). The molecule has 1 fully saturated rings. The Morgan fingerprint density at radius 3 is 2.00 bits per heavy atom. The van der Waals surface area contributed by atoms with Gasteiger partial charge in [0, 0.05) is 5.41 Å². The van der Waals surface area contributed by atoms with E-state index in [4.69, 9.17) is 19.5 Å². The van der Waals surface area contributed by atoms with Crippen molar-refractivity contribution < 1.29 is 38.7 Å². The Kier molecular flexibility index (Phi) is 4.78. The SMILES string of the molecule is CC(C)(C)C(=O)CB1OC(=O)C(CC(=O)O)(CC(=O)O)O1. The predicted octanol–water partition coefficient (Wildman–Crippen LogP) is 0.351. The van der Waals surface area contributed by atoms with Crippen molar-refractivity contribution >= 4 is 30.8 Å². The quantitative estimate of drug-likeness (QED) is 0.673. The molecule has 116 valence electrons. The first-order valence-electron chi connectivity index (χ1n) is 6.32. The first-order valence-corrected chi connectivity index (χ1v) is 6.32. The largest absolute Gasteiger partial charge is 0.535 e. The summed E-state index contributed by atoms with van der Waals surface area (Å²) in [5.74, 6) is -4.10. The van der Waals surface area contributed by atoms with Crippen LogP contribution >= 0.6 is 0 Å². The van der Waals surface area contributed by atoms with Crippen LogP contribution in [0.1, 0.15) is 33.6 Å². The van der Waals surface area contributed by atoms with Crippen molar-refractivity contribution in [2.75, 3.05) is 0 Å². The molecule has 21 heavy (non-hydrogen) atoms. The van der Waals surface area contributed by atoms with E-state index in [1.807, 2.05) is 0 Å². The lowest BCUT2D eigenvalue weighted by Gasteiger charge is -2.21. The van der Waals surface area contributed by atoms with Crippen molar-refractivity contribution in [3.8, 4) is 0 Å². The maximum Gasteiger partial charge on any atom is 0.535 e. The van der Waals surface area contributed by atoms with Crippen LogP contribution in [0, 0.1) is 5.41 Å². The third-order valence-electron chi connectivity index (χ3n) is 3.03. The molecule has 0 aliphatic carbocycles. The molecule has 0 amide bonds. The molecule has 0 aromatic rings. The summed E-state index contributed by atoms with van der Waals surface area (Å²) in [5.41, 5.74) is -2.76. The van der Waals surface area contributed by atoms with Crippen LogP contribution in [0.4, 0.5) is 0 Å². The van der Waals surface area contributed by atoms with Gasteiger partial charge >= 0.3 is 25.0 Å². The van der Waals surface area contributed by atoms with E-state index in [-0.39, 0.29) is 12.1 Å². The molecule has 1 aliphatic rings. The number of Topliss-reactive ketones (excluding diaryl/α,β-unsaturated/α-hetero) is 1. The maximum atomic E-state index is 11.9.